The molecule has 0 spiro atoms. The van der Waals surface area contributed by atoms with Gasteiger partial charge in [-0.2, -0.15) is 0 Å². The predicted molar refractivity (Wildman–Crippen MR) is 113 cm³/mol. The van der Waals surface area contributed by atoms with Crippen LogP contribution in [0.25, 0.3) is 0 Å². The number of nitro benzene ring substituents is 1. The fourth-order valence-electron chi connectivity index (χ4n) is 3.12. The number of hydrogen-bond donors (Lipinski definition) is 2. The lowest BCUT2D eigenvalue weighted by molar-refractivity contribution is -0.385. The second-order valence-electron chi connectivity index (χ2n) is 6.55. The van der Waals surface area contributed by atoms with E-state index in [1.54, 1.807) is 37.3 Å². The van der Waals surface area contributed by atoms with Gasteiger partial charge in [0.25, 0.3) is 5.69 Å². The van der Waals surface area contributed by atoms with Crippen LogP contribution in [0.1, 0.15) is 28.9 Å². The number of carbonyl (C=O) groups is 3. The first-order chi connectivity index (χ1) is 15.3. The van der Waals surface area contributed by atoms with Crippen molar-refractivity contribution in [2.75, 3.05) is 13.2 Å². The molecule has 1 aliphatic rings. The first-order valence-corrected chi connectivity index (χ1v) is 9.83. The van der Waals surface area contributed by atoms with Crippen LogP contribution < -0.4 is 10.6 Å². The lowest BCUT2D eigenvalue weighted by atomic mass is 9.95. The van der Waals surface area contributed by atoms with Gasteiger partial charge in [-0.05, 0) is 24.6 Å². The molecule has 1 heterocycles. The molecule has 32 heavy (non-hydrogen) atoms. The number of esters is 2. The Labute approximate surface area is 187 Å². The summed E-state index contributed by atoms with van der Waals surface area (Å²) in [6, 6.07) is 10.7. The summed E-state index contributed by atoms with van der Waals surface area (Å²) in [6.07, 6.45) is 0. The number of benzene rings is 2. The van der Waals surface area contributed by atoms with Crippen molar-refractivity contribution in [1.82, 2.24) is 10.6 Å². The maximum atomic E-state index is 12.7. The number of rotatable bonds is 7. The van der Waals surface area contributed by atoms with Crippen molar-refractivity contribution >= 4 is 35.3 Å². The molecule has 2 amide bonds. The molecule has 0 bridgehead atoms. The summed E-state index contributed by atoms with van der Waals surface area (Å²) in [7, 11) is 0. The van der Waals surface area contributed by atoms with E-state index in [4.69, 9.17) is 21.1 Å². The number of ether oxygens (including phenoxy) is 2. The van der Waals surface area contributed by atoms with Crippen LogP contribution in [0.4, 0.5) is 10.5 Å². The molecule has 0 saturated heterocycles. The minimum Gasteiger partial charge on any atom is -0.463 e. The Balaban J connectivity index is 1.95. The largest absolute Gasteiger partial charge is 0.463 e. The second-order valence-corrected chi connectivity index (χ2v) is 6.99. The summed E-state index contributed by atoms with van der Waals surface area (Å²) in [4.78, 5) is 47.9. The van der Waals surface area contributed by atoms with E-state index >= 15 is 0 Å². The molecule has 1 aliphatic heterocycles. The zero-order valence-electron chi connectivity index (χ0n) is 16.8. The molecule has 1 unspecified atom stereocenters. The summed E-state index contributed by atoms with van der Waals surface area (Å²) in [5.74, 6) is -1.76. The van der Waals surface area contributed by atoms with Gasteiger partial charge in [0, 0.05) is 11.1 Å². The molecule has 3 rings (SSSR count). The molecule has 2 aromatic carbocycles. The van der Waals surface area contributed by atoms with Crippen LogP contribution in [-0.4, -0.2) is 36.1 Å². The molecule has 0 aromatic heterocycles. The maximum absolute atomic E-state index is 12.7. The Morgan fingerprint density at radius 3 is 2.50 bits per heavy atom. The number of carbonyl (C=O) groups excluding carboxylic acids is 3. The number of nitrogens with one attached hydrogen (secondary N) is 2. The standard InChI is InChI=1S/C21H18ClN3O7/c1-2-31-20(27)17-15(23-21(28)24-18(17)12-6-4-3-5-7-12)11-32-19(26)14-10-13(22)8-9-16(14)25(29)30/h3-10,18H,2,11H2,1H3,(H2,23,24,28). The molecule has 0 fully saturated rings. The molecular weight excluding hydrogens is 442 g/mol. The van der Waals surface area contributed by atoms with Crippen molar-refractivity contribution in [3.63, 3.8) is 0 Å². The van der Waals surface area contributed by atoms with Crippen LogP contribution in [0.15, 0.2) is 59.8 Å². The van der Waals surface area contributed by atoms with E-state index in [0.29, 0.717) is 5.56 Å². The van der Waals surface area contributed by atoms with Gasteiger partial charge in [-0.1, -0.05) is 41.9 Å². The van der Waals surface area contributed by atoms with Crippen molar-refractivity contribution in [2.24, 2.45) is 0 Å². The van der Waals surface area contributed by atoms with Crippen molar-refractivity contribution in [2.45, 2.75) is 13.0 Å². The third kappa shape index (κ3) is 5.03. The molecule has 10 nitrogen and oxygen atoms in total. The number of halogens is 1. The van der Waals surface area contributed by atoms with Crippen LogP contribution in [0, 0.1) is 10.1 Å². The normalized spacial score (nSPS) is 15.4. The monoisotopic (exact) mass is 459 g/mol. The highest BCUT2D eigenvalue weighted by atomic mass is 35.5. The van der Waals surface area contributed by atoms with Gasteiger partial charge < -0.3 is 20.1 Å². The zero-order chi connectivity index (χ0) is 23.3. The highest BCUT2D eigenvalue weighted by Crippen LogP contribution is 2.28. The fourth-order valence-corrected chi connectivity index (χ4v) is 3.30. The third-order valence-corrected chi connectivity index (χ3v) is 4.74. The molecule has 0 aliphatic carbocycles. The Kier molecular flexibility index (Phi) is 7.06. The third-order valence-electron chi connectivity index (χ3n) is 4.50. The summed E-state index contributed by atoms with van der Waals surface area (Å²) < 4.78 is 10.3. The van der Waals surface area contributed by atoms with Crippen molar-refractivity contribution in [1.29, 1.82) is 0 Å². The number of nitrogens with zero attached hydrogens (tertiary/aromatic N) is 1. The van der Waals surface area contributed by atoms with E-state index < -0.39 is 41.2 Å². The van der Waals surface area contributed by atoms with Gasteiger partial charge in [-0.25, -0.2) is 14.4 Å². The highest BCUT2D eigenvalue weighted by Gasteiger charge is 2.34. The van der Waals surface area contributed by atoms with E-state index in [2.05, 4.69) is 10.6 Å². The first kappa shape index (κ1) is 22.8. The lowest BCUT2D eigenvalue weighted by Gasteiger charge is -2.29. The maximum Gasteiger partial charge on any atom is 0.345 e. The Hall–Kier alpha value is -3.92. The molecule has 2 N–H and O–H groups in total. The summed E-state index contributed by atoms with van der Waals surface area (Å²) >= 11 is 5.85. The van der Waals surface area contributed by atoms with Gasteiger partial charge >= 0.3 is 18.0 Å². The Morgan fingerprint density at radius 2 is 1.84 bits per heavy atom. The van der Waals surface area contributed by atoms with Crippen LogP contribution in [-0.2, 0) is 14.3 Å². The molecule has 0 saturated carbocycles. The Bertz CT molecular complexity index is 1100. The van der Waals surface area contributed by atoms with E-state index in [1.807, 2.05) is 0 Å². The second kappa shape index (κ2) is 9.92. The number of amides is 2. The molecular formula is C21H18ClN3O7. The van der Waals surface area contributed by atoms with E-state index in [-0.39, 0.29) is 28.5 Å². The van der Waals surface area contributed by atoms with Crippen LogP contribution in [0.2, 0.25) is 5.02 Å². The highest BCUT2D eigenvalue weighted by molar-refractivity contribution is 6.31. The van der Waals surface area contributed by atoms with Gasteiger partial charge in [0.2, 0.25) is 0 Å². The van der Waals surface area contributed by atoms with Gasteiger partial charge in [-0.3, -0.25) is 10.1 Å². The smallest absolute Gasteiger partial charge is 0.345 e. The lowest BCUT2D eigenvalue weighted by Crippen LogP contribution is -2.47. The van der Waals surface area contributed by atoms with Crippen LogP contribution in [0.5, 0.6) is 0 Å². The number of urea groups is 1. The van der Waals surface area contributed by atoms with Crippen molar-refractivity contribution in [3.8, 4) is 0 Å². The van der Waals surface area contributed by atoms with Gasteiger partial charge in [0.1, 0.15) is 12.2 Å². The molecule has 2 aromatic rings. The van der Waals surface area contributed by atoms with E-state index in [1.165, 1.54) is 6.07 Å². The first-order valence-electron chi connectivity index (χ1n) is 9.45. The fraction of sp³-hybridized carbons (Fsp3) is 0.190. The van der Waals surface area contributed by atoms with Gasteiger partial charge in [0.15, 0.2) is 0 Å². The average Bonchev–Trinajstić information content (AvgIpc) is 2.77. The topological polar surface area (TPSA) is 137 Å². The Morgan fingerprint density at radius 1 is 1.12 bits per heavy atom. The summed E-state index contributed by atoms with van der Waals surface area (Å²) in [6.45, 7) is 1.18. The quantitative estimate of drug-likeness (QED) is 0.368. The zero-order valence-corrected chi connectivity index (χ0v) is 17.5. The van der Waals surface area contributed by atoms with Gasteiger partial charge in [-0.15, -0.1) is 0 Å². The number of hydrogen-bond acceptors (Lipinski definition) is 7. The summed E-state index contributed by atoms with van der Waals surface area (Å²) in [5.41, 5.74) is -0.194. The summed E-state index contributed by atoms with van der Waals surface area (Å²) in [5, 5.41) is 16.4. The molecule has 0 radical (unpaired) electrons. The predicted octanol–water partition coefficient (Wildman–Crippen LogP) is 3.28. The minimum absolute atomic E-state index is 0.000848. The number of nitro groups is 1. The van der Waals surface area contributed by atoms with E-state index in [0.717, 1.165) is 12.1 Å². The molecule has 1 atom stereocenters. The molecule has 11 heteroatoms. The van der Waals surface area contributed by atoms with E-state index in [9.17, 15) is 24.5 Å². The van der Waals surface area contributed by atoms with Gasteiger partial charge in [0.05, 0.1) is 28.8 Å². The van der Waals surface area contributed by atoms with Crippen molar-refractivity contribution in [3.05, 3.63) is 86.1 Å². The van der Waals surface area contributed by atoms with Crippen LogP contribution in [0.3, 0.4) is 0 Å². The van der Waals surface area contributed by atoms with Crippen molar-refractivity contribution < 1.29 is 28.8 Å². The molecule has 166 valence electrons. The SMILES string of the molecule is CCOC(=O)C1=C(COC(=O)c2cc(Cl)ccc2[N+](=O)[O-])NC(=O)NC1c1ccccc1. The minimum atomic E-state index is -1.04. The average molecular weight is 460 g/mol. The van der Waals surface area contributed by atoms with Crippen LogP contribution >= 0.6 is 11.6 Å².